The van der Waals surface area contributed by atoms with Gasteiger partial charge in [0.2, 0.25) is 5.91 Å². The lowest BCUT2D eigenvalue weighted by Gasteiger charge is -2.22. The number of ether oxygens (including phenoxy) is 1. The monoisotopic (exact) mass is 371 g/mol. The van der Waals surface area contributed by atoms with Crippen LogP contribution in [0.4, 0.5) is 0 Å². The summed E-state index contributed by atoms with van der Waals surface area (Å²) in [4.78, 5) is 17.5. The zero-order valence-corrected chi connectivity index (χ0v) is 17.7. The Balaban J connectivity index is 2.28. The topological polar surface area (TPSA) is 57.0 Å². The molecule has 27 heavy (non-hydrogen) atoms. The highest BCUT2D eigenvalue weighted by atomic mass is 16.5. The molecule has 0 aliphatic carbocycles. The molecule has 0 bridgehead atoms. The molecule has 1 aromatic heterocycles. The SMILES string of the molecule is Cc1ccc(-c2nc(OCC(C)C)nn2C(=O)CC(C)CC(C)(C)C)cc1. The fraction of sp³-hybridized carbons (Fsp3) is 0.591. The Morgan fingerprint density at radius 3 is 2.33 bits per heavy atom. The fourth-order valence-electron chi connectivity index (χ4n) is 3.16. The highest BCUT2D eigenvalue weighted by Crippen LogP contribution is 2.27. The Morgan fingerprint density at radius 1 is 1.15 bits per heavy atom. The molecule has 0 spiro atoms. The summed E-state index contributed by atoms with van der Waals surface area (Å²) in [5.41, 5.74) is 2.21. The van der Waals surface area contributed by atoms with Crippen molar-refractivity contribution in [3.63, 3.8) is 0 Å². The molecular weight excluding hydrogens is 338 g/mol. The minimum Gasteiger partial charge on any atom is -0.462 e. The quantitative estimate of drug-likeness (QED) is 0.654. The van der Waals surface area contributed by atoms with Crippen molar-refractivity contribution in [2.24, 2.45) is 17.3 Å². The molecule has 0 saturated carbocycles. The summed E-state index contributed by atoms with van der Waals surface area (Å²) >= 11 is 0. The van der Waals surface area contributed by atoms with Gasteiger partial charge in [0.05, 0.1) is 6.61 Å². The number of carbonyl (C=O) groups excluding carboxylic acids is 1. The molecule has 0 fully saturated rings. The first-order valence-electron chi connectivity index (χ1n) is 9.75. The maximum Gasteiger partial charge on any atom is 0.336 e. The van der Waals surface area contributed by atoms with Crippen molar-refractivity contribution in [1.82, 2.24) is 14.8 Å². The zero-order valence-electron chi connectivity index (χ0n) is 17.7. The first-order valence-corrected chi connectivity index (χ1v) is 9.75. The summed E-state index contributed by atoms with van der Waals surface area (Å²) in [6.07, 6.45) is 1.41. The van der Waals surface area contributed by atoms with E-state index < -0.39 is 0 Å². The number of aryl methyl sites for hydroxylation is 1. The molecule has 1 unspecified atom stereocenters. The van der Waals surface area contributed by atoms with Gasteiger partial charge >= 0.3 is 6.01 Å². The lowest BCUT2D eigenvalue weighted by Crippen LogP contribution is -2.20. The lowest BCUT2D eigenvalue weighted by atomic mass is 9.84. The molecule has 5 nitrogen and oxygen atoms in total. The van der Waals surface area contributed by atoms with E-state index >= 15 is 0 Å². The normalized spacial score (nSPS) is 13.0. The van der Waals surface area contributed by atoms with Crippen LogP contribution in [0.2, 0.25) is 0 Å². The van der Waals surface area contributed by atoms with Crippen LogP contribution >= 0.6 is 0 Å². The van der Waals surface area contributed by atoms with Gasteiger partial charge in [-0.25, -0.2) is 0 Å². The molecule has 2 aromatic rings. The van der Waals surface area contributed by atoms with E-state index in [1.807, 2.05) is 31.2 Å². The van der Waals surface area contributed by atoms with Crippen LogP contribution in [0.3, 0.4) is 0 Å². The standard InChI is InChI=1S/C22H33N3O2/c1-15(2)14-27-21-23-20(18-10-8-16(3)9-11-18)25(24-21)19(26)12-17(4)13-22(5,6)7/h8-11,15,17H,12-14H2,1-7H3. The highest BCUT2D eigenvalue weighted by molar-refractivity contribution is 5.82. The highest BCUT2D eigenvalue weighted by Gasteiger charge is 2.23. The largest absolute Gasteiger partial charge is 0.462 e. The minimum absolute atomic E-state index is 0.0470. The smallest absolute Gasteiger partial charge is 0.336 e. The first kappa shape index (κ1) is 21.1. The van der Waals surface area contributed by atoms with Crippen LogP contribution in [0.5, 0.6) is 6.01 Å². The van der Waals surface area contributed by atoms with E-state index in [2.05, 4.69) is 51.6 Å². The van der Waals surface area contributed by atoms with Crippen molar-refractivity contribution < 1.29 is 9.53 Å². The van der Waals surface area contributed by atoms with Crippen LogP contribution in [0, 0.1) is 24.2 Å². The van der Waals surface area contributed by atoms with Gasteiger partial charge in [-0.2, -0.15) is 9.67 Å². The average Bonchev–Trinajstić information content (AvgIpc) is 2.96. The molecule has 5 heteroatoms. The Bertz CT molecular complexity index is 755. The summed E-state index contributed by atoms with van der Waals surface area (Å²) in [6.45, 7) is 15.4. The van der Waals surface area contributed by atoms with Crippen LogP contribution in [-0.4, -0.2) is 27.3 Å². The predicted molar refractivity (Wildman–Crippen MR) is 109 cm³/mol. The van der Waals surface area contributed by atoms with Crippen LogP contribution in [0.1, 0.15) is 64.7 Å². The molecule has 2 rings (SSSR count). The van der Waals surface area contributed by atoms with E-state index in [0.29, 0.717) is 24.8 Å². The van der Waals surface area contributed by atoms with Gasteiger partial charge in [0, 0.05) is 12.0 Å². The molecule has 148 valence electrons. The number of aromatic nitrogens is 3. The zero-order chi connectivity index (χ0) is 20.2. The first-order chi connectivity index (χ1) is 12.5. The number of nitrogens with zero attached hydrogens (tertiary/aromatic N) is 3. The van der Waals surface area contributed by atoms with E-state index in [-0.39, 0.29) is 23.3 Å². The van der Waals surface area contributed by atoms with Gasteiger partial charge in [0.1, 0.15) is 0 Å². The summed E-state index contributed by atoms with van der Waals surface area (Å²) in [6, 6.07) is 8.21. The predicted octanol–water partition coefficient (Wildman–Crippen LogP) is 5.39. The molecule has 1 heterocycles. The maximum atomic E-state index is 13.0. The minimum atomic E-state index is -0.0470. The van der Waals surface area contributed by atoms with Crippen LogP contribution in [-0.2, 0) is 0 Å². The summed E-state index contributed by atoms with van der Waals surface area (Å²) in [5.74, 6) is 1.13. The molecule has 0 N–H and O–H groups in total. The number of hydrogen-bond donors (Lipinski definition) is 0. The van der Waals surface area contributed by atoms with Crippen LogP contribution in [0.25, 0.3) is 11.4 Å². The van der Waals surface area contributed by atoms with Gasteiger partial charge in [0.15, 0.2) is 5.82 Å². The van der Waals surface area contributed by atoms with E-state index in [1.165, 1.54) is 4.68 Å². The summed E-state index contributed by atoms with van der Waals surface area (Å²) in [5, 5.41) is 4.36. The maximum absolute atomic E-state index is 13.0. The van der Waals surface area contributed by atoms with Crippen molar-refractivity contribution in [3.05, 3.63) is 29.8 Å². The van der Waals surface area contributed by atoms with Gasteiger partial charge < -0.3 is 4.74 Å². The van der Waals surface area contributed by atoms with Crippen LogP contribution < -0.4 is 4.74 Å². The van der Waals surface area contributed by atoms with Crippen molar-refractivity contribution in [3.8, 4) is 17.4 Å². The van der Waals surface area contributed by atoms with E-state index in [4.69, 9.17) is 4.74 Å². The van der Waals surface area contributed by atoms with Gasteiger partial charge in [-0.15, -0.1) is 5.10 Å². The Hall–Kier alpha value is -2.17. The van der Waals surface area contributed by atoms with Gasteiger partial charge in [-0.1, -0.05) is 71.4 Å². The van der Waals surface area contributed by atoms with Gasteiger partial charge in [-0.3, -0.25) is 4.79 Å². The molecule has 0 amide bonds. The number of carbonyl (C=O) groups is 1. The average molecular weight is 372 g/mol. The van der Waals surface area contributed by atoms with Gasteiger partial charge in [0.25, 0.3) is 0 Å². The fourth-order valence-corrected chi connectivity index (χ4v) is 3.16. The molecular formula is C22H33N3O2. The van der Waals surface area contributed by atoms with Crippen molar-refractivity contribution in [2.45, 2.75) is 61.3 Å². The van der Waals surface area contributed by atoms with Gasteiger partial charge in [-0.05, 0) is 30.6 Å². The second-order valence-corrected chi connectivity index (χ2v) is 9.17. The lowest BCUT2D eigenvalue weighted by molar-refractivity contribution is 0.0856. The summed E-state index contributed by atoms with van der Waals surface area (Å²) < 4.78 is 7.09. The van der Waals surface area contributed by atoms with Crippen molar-refractivity contribution in [2.75, 3.05) is 6.61 Å². The molecule has 0 aliphatic heterocycles. The Kier molecular flexibility index (Phi) is 6.79. The molecule has 0 saturated heterocycles. The van der Waals surface area contributed by atoms with E-state index in [0.717, 1.165) is 17.5 Å². The summed E-state index contributed by atoms with van der Waals surface area (Å²) in [7, 11) is 0. The number of benzene rings is 1. The Morgan fingerprint density at radius 2 is 1.78 bits per heavy atom. The number of rotatable bonds is 7. The third-order valence-electron chi connectivity index (χ3n) is 4.16. The second kappa shape index (κ2) is 8.68. The Labute approximate surface area is 163 Å². The molecule has 0 aliphatic rings. The second-order valence-electron chi connectivity index (χ2n) is 9.17. The van der Waals surface area contributed by atoms with E-state index in [9.17, 15) is 4.79 Å². The van der Waals surface area contributed by atoms with Crippen molar-refractivity contribution in [1.29, 1.82) is 0 Å². The third-order valence-corrected chi connectivity index (χ3v) is 4.16. The molecule has 0 radical (unpaired) electrons. The van der Waals surface area contributed by atoms with Crippen molar-refractivity contribution >= 4 is 5.91 Å². The number of hydrogen-bond acceptors (Lipinski definition) is 4. The molecule has 1 atom stereocenters. The van der Waals surface area contributed by atoms with Crippen LogP contribution in [0.15, 0.2) is 24.3 Å². The van der Waals surface area contributed by atoms with E-state index in [1.54, 1.807) is 0 Å². The molecule has 1 aromatic carbocycles. The third kappa shape index (κ3) is 6.49.